The van der Waals surface area contributed by atoms with E-state index in [0.717, 1.165) is 5.56 Å². The van der Waals surface area contributed by atoms with Gasteiger partial charge in [-0.2, -0.15) is 0 Å². The number of aliphatic hydroxyl groups is 1. The summed E-state index contributed by atoms with van der Waals surface area (Å²) in [5, 5.41) is 12.1. The summed E-state index contributed by atoms with van der Waals surface area (Å²) in [7, 11) is 0. The van der Waals surface area contributed by atoms with Gasteiger partial charge in [-0.3, -0.25) is 9.78 Å². The van der Waals surface area contributed by atoms with Gasteiger partial charge in [-0.15, -0.1) is 0 Å². The largest absolute Gasteiger partial charge is 0.396 e. The molecule has 0 fully saturated rings. The Hall–Kier alpha value is -1.42. The molecule has 1 amide bonds. The summed E-state index contributed by atoms with van der Waals surface area (Å²) in [6, 6.07) is 3.84. The van der Waals surface area contributed by atoms with E-state index >= 15 is 0 Å². The van der Waals surface area contributed by atoms with Gasteiger partial charge in [0, 0.05) is 31.5 Å². The fraction of sp³-hybridized carbons (Fsp3) is 0.600. The highest BCUT2D eigenvalue weighted by atomic mass is 16.3. The lowest BCUT2D eigenvalue weighted by atomic mass is 9.85. The minimum atomic E-state index is -0.0466. The molecular weight excluding hydrogens is 240 g/mol. The van der Waals surface area contributed by atoms with Crippen LogP contribution in [0.4, 0.5) is 0 Å². The molecule has 1 atom stereocenters. The monoisotopic (exact) mass is 264 g/mol. The Morgan fingerprint density at radius 2 is 2.00 bits per heavy atom. The van der Waals surface area contributed by atoms with Crippen LogP contribution >= 0.6 is 0 Å². The van der Waals surface area contributed by atoms with E-state index in [4.69, 9.17) is 5.11 Å². The van der Waals surface area contributed by atoms with Gasteiger partial charge >= 0.3 is 0 Å². The molecule has 0 saturated heterocycles. The van der Waals surface area contributed by atoms with Gasteiger partial charge in [0.2, 0.25) is 5.91 Å². The zero-order valence-electron chi connectivity index (χ0n) is 12.0. The molecule has 0 aliphatic rings. The van der Waals surface area contributed by atoms with Crippen molar-refractivity contribution in [2.45, 2.75) is 46.1 Å². The zero-order valence-corrected chi connectivity index (χ0v) is 12.0. The van der Waals surface area contributed by atoms with Gasteiger partial charge in [0.05, 0.1) is 0 Å². The highest BCUT2D eigenvalue weighted by Crippen LogP contribution is 2.21. The SMILES string of the molecule is CC(C)(C)C(CCO)NC(=O)CCc1ccncc1. The maximum absolute atomic E-state index is 11.9. The summed E-state index contributed by atoms with van der Waals surface area (Å²) in [4.78, 5) is 15.9. The maximum atomic E-state index is 11.9. The van der Waals surface area contributed by atoms with E-state index in [1.165, 1.54) is 0 Å². The van der Waals surface area contributed by atoms with E-state index in [2.05, 4.69) is 31.1 Å². The van der Waals surface area contributed by atoms with E-state index in [-0.39, 0.29) is 24.0 Å². The van der Waals surface area contributed by atoms with E-state index in [1.807, 2.05) is 12.1 Å². The van der Waals surface area contributed by atoms with Gasteiger partial charge in [-0.05, 0) is 36.0 Å². The van der Waals surface area contributed by atoms with E-state index < -0.39 is 0 Å². The summed E-state index contributed by atoms with van der Waals surface area (Å²) in [5.41, 5.74) is 1.06. The number of nitrogens with one attached hydrogen (secondary N) is 1. The molecule has 0 spiro atoms. The third-order valence-corrected chi connectivity index (χ3v) is 3.19. The predicted octanol–water partition coefficient (Wildman–Crippen LogP) is 1.93. The summed E-state index contributed by atoms with van der Waals surface area (Å²) < 4.78 is 0. The van der Waals surface area contributed by atoms with Crippen molar-refractivity contribution in [1.29, 1.82) is 0 Å². The van der Waals surface area contributed by atoms with Crippen LogP contribution in [0.15, 0.2) is 24.5 Å². The Kier molecular flexibility index (Phi) is 5.96. The number of hydrogen-bond donors (Lipinski definition) is 2. The Morgan fingerprint density at radius 3 is 2.53 bits per heavy atom. The number of hydrogen-bond acceptors (Lipinski definition) is 3. The minimum absolute atomic E-state index is 0.00226. The molecule has 1 unspecified atom stereocenters. The smallest absolute Gasteiger partial charge is 0.220 e. The Balaban J connectivity index is 2.45. The quantitative estimate of drug-likeness (QED) is 0.825. The third kappa shape index (κ3) is 5.83. The van der Waals surface area contributed by atoms with E-state index in [9.17, 15) is 4.79 Å². The second kappa shape index (κ2) is 7.24. The first-order chi connectivity index (χ1) is 8.93. The van der Waals surface area contributed by atoms with E-state index in [1.54, 1.807) is 12.4 Å². The number of nitrogens with zero attached hydrogens (tertiary/aromatic N) is 1. The molecule has 106 valence electrons. The molecule has 4 heteroatoms. The van der Waals surface area contributed by atoms with Crippen molar-refractivity contribution in [3.05, 3.63) is 30.1 Å². The summed E-state index contributed by atoms with van der Waals surface area (Å²) >= 11 is 0. The summed E-state index contributed by atoms with van der Waals surface area (Å²) in [5.74, 6) is 0.0326. The molecule has 0 aliphatic heterocycles. The van der Waals surface area contributed by atoms with Gasteiger partial charge in [-0.1, -0.05) is 20.8 Å². The first kappa shape index (κ1) is 15.6. The van der Waals surface area contributed by atoms with Crippen molar-refractivity contribution in [2.75, 3.05) is 6.61 Å². The number of aliphatic hydroxyl groups excluding tert-OH is 1. The number of carbonyl (C=O) groups excluding carboxylic acids is 1. The van der Waals surface area contributed by atoms with Crippen molar-refractivity contribution in [2.24, 2.45) is 5.41 Å². The number of pyridine rings is 1. The molecule has 0 saturated carbocycles. The summed E-state index contributed by atoms with van der Waals surface area (Å²) in [6.45, 7) is 6.29. The number of aryl methyl sites for hydroxylation is 1. The molecule has 0 aromatic carbocycles. The lowest BCUT2D eigenvalue weighted by molar-refractivity contribution is -0.122. The van der Waals surface area contributed by atoms with Crippen molar-refractivity contribution in [1.82, 2.24) is 10.3 Å². The molecule has 1 heterocycles. The molecule has 2 N–H and O–H groups in total. The fourth-order valence-corrected chi connectivity index (χ4v) is 1.92. The van der Waals surface area contributed by atoms with Crippen LogP contribution in [-0.2, 0) is 11.2 Å². The van der Waals surface area contributed by atoms with Crippen molar-refractivity contribution in [3.8, 4) is 0 Å². The molecular formula is C15H24N2O2. The highest BCUT2D eigenvalue weighted by molar-refractivity contribution is 5.76. The van der Waals surface area contributed by atoms with Crippen LogP contribution in [-0.4, -0.2) is 28.6 Å². The molecule has 19 heavy (non-hydrogen) atoms. The lowest BCUT2D eigenvalue weighted by Gasteiger charge is -2.31. The molecule has 0 bridgehead atoms. The number of aromatic nitrogens is 1. The van der Waals surface area contributed by atoms with Crippen LogP contribution in [0.2, 0.25) is 0 Å². The van der Waals surface area contributed by atoms with Crippen molar-refractivity contribution < 1.29 is 9.90 Å². The van der Waals surface area contributed by atoms with Gasteiger partial charge < -0.3 is 10.4 Å². The van der Waals surface area contributed by atoms with Gasteiger partial charge in [0.15, 0.2) is 0 Å². The number of carbonyl (C=O) groups is 1. The van der Waals surface area contributed by atoms with Gasteiger partial charge in [-0.25, -0.2) is 0 Å². The number of rotatable bonds is 6. The predicted molar refractivity (Wildman–Crippen MR) is 75.6 cm³/mol. The second-order valence-corrected chi connectivity index (χ2v) is 5.85. The molecule has 1 rings (SSSR count). The van der Waals surface area contributed by atoms with Crippen LogP contribution in [0, 0.1) is 5.41 Å². The normalized spacial score (nSPS) is 13.1. The Labute approximate surface area is 115 Å². The average Bonchev–Trinajstić information content (AvgIpc) is 2.36. The zero-order chi connectivity index (χ0) is 14.3. The second-order valence-electron chi connectivity index (χ2n) is 5.85. The summed E-state index contributed by atoms with van der Waals surface area (Å²) in [6.07, 6.45) is 5.23. The first-order valence-corrected chi connectivity index (χ1v) is 6.72. The number of amides is 1. The minimum Gasteiger partial charge on any atom is -0.396 e. The van der Waals surface area contributed by atoms with Crippen molar-refractivity contribution in [3.63, 3.8) is 0 Å². The maximum Gasteiger partial charge on any atom is 0.220 e. The average molecular weight is 264 g/mol. The van der Waals surface area contributed by atoms with Gasteiger partial charge in [0.1, 0.15) is 0 Å². The molecule has 0 aliphatic carbocycles. The van der Waals surface area contributed by atoms with Crippen LogP contribution in [0.5, 0.6) is 0 Å². The van der Waals surface area contributed by atoms with Crippen LogP contribution in [0.1, 0.15) is 39.2 Å². The lowest BCUT2D eigenvalue weighted by Crippen LogP contribution is -2.44. The third-order valence-electron chi connectivity index (χ3n) is 3.19. The fourth-order valence-electron chi connectivity index (χ4n) is 1.92. The highest BCUT2D eigenvalue weighted by Gasteiger charge is 2.25. The Bertz CT molecular complexity index is 385. The molecule has 1 aromatic rings. The van der Waals surface area contributed by atoms with Gasteiger partial charge in [0.25, 0.3) is 0 Å². The molecule has 1 aromatic heterocycles. The standard InChI is InChI=1S/C15H24N2O2/c1-15(2,3)13(8-11-18)17-14(19)5-4-12-6-9-16-10-7-12/h6-7,9-10,13,18H,4-5,8,11H2,1-3H3,(H,17,19). The van der Waals surface area contributed by atoms with Crippen LogP contribution in [0.3, 0.4) is 0 Å². The first-order valence-electron chi connectivity index (χ1n) is 6.72. The van der Waals surface area contributed by atoms with Crippen molar-refractivity contribution >= 4 is 5.91 Å². The topological polar surface area (TPSA) is 62.2 Å². The molecule has 0 radical (unpaired) electrons. The van der Waals surface area contributed by atoms with Crippen LogP contribution in [0.25, 0.3) is 0 Å². The van der Waals surface area contributed by atoms with Crippen LogP contribution < -0.4 is 5.32 Å². The Morgan fingerprint density at radius 1 is 1.37 bits per heavy atom. The van der Waals surface area contributed by atoms with E-state index in [0.29, 0.717) is 19.3 Å². The molecule has 4 nitrogen and oxygen atoms in total.